The van der Waals surface area contributed by atoms with E-state index in [1.54, 1.807) is 0 Å². The van der Waals surface area contributed by atoms with Crippen LogP contribution in [0.3, 0.4) is 0 Å². The highest BCUT2D eigenvalue weighted by Crippen LogP contribution is 2.63. The number of methoxy groups -OCH3 is 1. The molecule has 0 bridgehead atoms. The van der Waals surface area contributed by atoms with Crippen LogP contribution in [0.25, 0.3) is 10.4 Å². The molecule has 0 saturated heterocycles. The smallest absolute Gasteiger partial charge is 0.309 e. The Bertz CT molecular complexity index is 880. The highest BCUT2D eigenvalue weighted by molar-refractivity contribution is 6.77. The van der Waals surface area contributed by atoms with Gasteiger partial charge in [-0.2, -0.15) is 0 Å². The third-order valence-corrected chi connectivity index (χ3v) is 17.4. The predicted octanol–water partition coefficient (Wildman–Crippen LogP) is 7.85. The molecule has 7 nitrogen and oxygen atoms in total. The molecule has 8 heteroatoms. The van der Waals surface area contributed by atoms with Crippen molar-refractivity contribution in [1.82, 2.24) is 0 Å². The summed E-state index contributed by atoms with van der Waals surface area (Å²) in [5.74, 6) is 0.576. The molecular formula is C29H51N3O4Si. The van der Waals surface area contributed by atoms with Crippen LogP contribution < -0.4 is 0 Å². The number of azide groups is 1. The van der Waals surface area contributed by atoms with E-state index in [9.17, 15) is 15.1 Å². The third-order valence-electron chi connectivity index (χ3n) is 11.2. The van der Waals surface area contributed by atoms with Gasteiger partial charge in [-0.05, 0) is 83.8 Å². The summed E-state index contributed by atoms with van der Waals surface area (Å²) in [6.07, 6.45) is 5.70. The lowest BCUT2D eigenvalue weighted by Gasteiger charge is -2.54. The molecule has 0 unspecified atom stereocenters. The number of esters is 1. The van der Waals surface area contributed by atoms with Crippen molar-refractivity contribution in [3.63, 3.8) is 0 Å². The monoisotopic (exact) mass is 533 g/mol. The van der Waals surface area contributed by atoms with Crippen molar-refractivity contribution in [2.24, 2.45) is 39.6 Å². The minimum atomic E-state index is -2.06. The minimum absolute atomic E-state index is 0.000868. The number of hydrogen-bond donors (Lipinski definition) is 0. The SMILES string of the molecule is COC(=O)[C@H]1CC[C@H]2[C@H](CN=[N+]=[N-])[C@@H]([C@@]3(C)CC[C@H](O[Si](C(C)C)(C(C)C)C(C)C)CC3=O)CC[C@]12C. The van der Waals surface area contributed by atoms with Gasteiger partial charge < -0.3 is 9.16 Å². The van der Waals surface area contributed by atoms with E-state index >= 15 is 0 Å². The first kappa shape index (κ1) is 30.2. The Labute approximate surface area is 225 Å². The van der Waals surface area contributed by atoms with E-state index in [4.69, 9.17) is 9.16 Å². The summed E-state index contributed by atoms with van der Waals surface area (Å²) in [4.78, 5) is 29.7. The lowest BCUT2D eigenvalue weighted by molar-refractivity contribution is -0.155. The molecule has 0 aromatic rings. The Balaban J connectivity index is 1.85. The summed E-state index contributed by atoms with van der Waals surface area (Å²) in [5.41, 5.74) is 10.0. The van der Waals surface area contributed by atoms with Crippen molar-refractivity contribution in [1.29, 1.82) is 0 Å². The van der Waals surface area contributed by atoms with Gasteiger partial charge in [-0.3, -0.25) is 9.59 Å². The molecule has 0 N–H and O–H groups in total. The molecule has 0 aromatic carbocycles. The summed E-state index contributed by atoms with van der Waals surface area (Å²) in [7, 11) is -0.593. The Morgan fingerprint density at radius 2 is 1.65 bits per heavy atom. The van der Waals surface area contributed by atoms with E-state index in [-0.39, 0.29) is 41.2 Å². The van der Waals surface area contributed by atoms with Crippen LogP contribution in [0.4, 0.5) is 0 Å². The molecule has 37 heavy (non-hydrogen) atoms. The van der Waals surface area contributed by atoms with Crippen LogP contribution in [0.1, 0.15) is 100 Å². The number of Topliss-reactive ketones (excluding diaryl/α,β-unsaturated/α-hetero) is 1. The summed E-state index contributed by atoms with van der Waals surface area (Å²) >= 11 is 0. The average Bonchev–Trinajstić information content (AvgIpc) is 3.19. The van der Waals surface area contributed by atoms with Gasteiger partial charge in [-0.1, -0.05) is 60.5 Å². The van der Waals surface area contributed by atoms with Gasteiger partial charge in [-0.25, -0.2) is 0 Å². The Kier molecular flexibility index (Phi) is 9.29. The maximum absolute atomic E-state index is 14.0. The second kappa shape index (κ2) is 11.4. The Morgan fingerprint density at radius 3 is 2.16 bits per heavy atom. The first-order chi connectivity index (χ1) is 17.3. The van der Waals surface area contributed by atoms with E-state index in [1.807, 2.05) is 0 Å². The third kappa shape index (κ3) is 5.15. The maximum atomic E-state index is 14.0. The van der Waals surface area contributed by atoms with Gasteiger partial charge in [0, 0.05) is 23.3 Å². The fourth-order valence-electron chi connectivity index (χ4n) is 9.33. The van der Waals surface area contributed by atoms with E-state index in [2.05, 4.69) is 65.4 Å². The van der Waals surface area contributed by atoms with Crippen LogP contribution in [-0.2, 0) is 18.8 Å². The molecule has 0 heterocycles. The normalized spacial score (nSPS) is 36.5. The van der Waals surface area contributed by atoms with E-state index in [0.717, 1.165) is 38.5 Å². The fraction of sp³-hybridized carbons (Fsp3) is 0.931. The quantitative estimate of drug-likeness (QED) is 0.0989. The van der Waals surface area contributed by atoms with Crippen molar-refractivity contribution in [2.75, 3.05) is 13.7 Å². The number of carbonyl (C=O) groups excluding carboxylic acids is 2. The lowest BCUT2D eigenvalue weighted by atomic mass is 9.50. The zero-order valence-electron chi connectivity index (χ0n) is 24.8. The van der Waals surface area contributed by atoms with Crippen molar-refractivity contribution in [3.8, 4) is 0 Å². The number of fused-ring (bicyclic) bond motifs is 1. The van der Waals surface area contributed by atoms with E-state index in [0.29, 0.717) is 35.4 Å². The molecule has 0 aromatic heterocycles. The summed E-state index contributed by atoms with van der Waals surface area (Å²) < 4.78 is 12.2. The van der Waals surface area contributed by atoms with Crippen LogP contribution in [-0.4, -0.2) is 39.8 Å². The van der Waals surface area contributed by atoms with Gasteiger partial charge >= 0.3 is 5.97 Å². The number of ketones is 1. The van der Waals surface area contributed by atoms with Crippen LogP contribution in [0.15, 0.2) is 5.11 Å². The summed E-state index contributed by atoms with van der Waals surface area (Å²) in [6.45, 7) is 18.5. The van der Waals surface area contributed by atoms with Crippen LogP contribution in [0, 0.1) is 34.5 Å². The van der Waals surface area contributed by atoms with Gasteiger partial charge in [-0.15, -0.1) is 0 Å². The number of ether oxygens (including phenoxy) is 1. The highest BCUT2D eigenvalue weighted by atomic mass is 28.4. The largest absolute Gasteiger partial charge is 0.469 e. The number of rotatable bonds is 9. The van der Waals surface area contributed by atoms with Gasteiger partial charge in [0.2, 0.25) is 8.32 Å². The standard InChI is InChI=1S/C29H51N3O4Si/c1-18(2)37(19(3)4,20(5)6)36-21-12-14-29(8,26(33)16-21)24-13-15-28(7)23(22(24)17-31-32-30)10-11-25(28)27(34)35-9/h18-25H,10-17H2,1-9H3/t21-,22-,23-,24-,25+,28-,29+/m0/s1. The molecule has 3 aliphatic rings. The molecule has 3 fully saturated rings. The molecule has 210 valence electrons. The fourth-order valence-corrected chi connectivity index (χ4v) is 14.9. The van der Waals surface area contributed by atoms with Crippen molar-refractivity contribution >= 4 is 20.1 Å². The van der Waals surface area contributed by atoms with Gasteiger partial charge in [0.15, 0.2) is 0 Å². The lowest BCUT2D eigenvalue weighted by Crippen LogP contribution is -2.55. The predicted molar refractivity (Wildman–Crippen MR) is 149 cm³/mol. The molecule has 3 saturated carbocycles. The zero-order chi connectivity index (χ0) is 27.8. The second-order valence-corrected chi connectivity index (χ2v) is 19.0. The van der Waals surface area contributed by atoms with Gasteiger partial charge in [0.1, 0.15) is 5.78 Å². The molecular weight excluding hydrogens is 482 g/mol. The molecule has 0 radical (unpaired) electrons. The first-order valence-corrected chi connectivity index (χ1v) is 16.7. The molecule has 0 amide bonds. The van der Waals surface area contributed by atoms with Crippen LogP contribution in [0.2, 0.25) is 16.6 Å². The summed E-state index contributed by atoms with van der Waals surface area (Å²) in [5, 5.41) is 4.03. The van der Waals surface area contributed by atoms with Crippen LogP contribution >= 0.6 is 0 Å². The zero-order valence-corrected chi connectivity index (χ0v) is 25.8. The Morgan fingerprint density at radius 1 is 1.03 bits per heavy atom. The van der Waals surface area contributed by atoms with E-state index < -0.39 is 13.7 Å². The molecule has 0 spiro atoms. The van der Waals surface area contributed by atoms with Crippen molar-refractivity contribution < 1.29 is 18.8 Å². The number of hydrogen-bond acceptors (Lipinski definition) is 5. The van der Waals surface area contributed by atoms with Crippen LogP contribution in [0.5, 0.6) is 0 Å². The van der Waals surface area contributed by atoms with Crippen molar-refractivity contribution in [2.45, 2.75) is 123 Å². The van der Waals surface area contributed by atoms with E-state index in [1.165, 1.54) is 7.11 Å². The number of carbonyl (C=O) groups is 2. The van der Waals surface area contributed by atoms with Crippen molar-refractivity contribution in [3.05, 3.63) is 10.4 Å². The molecule has 3 rings (SSSR count). The molecule has 7 atom stereocenters. The minimum Gasteiger partial charge on any atom is -0.469 e. The first-order valence-electron chi connectivity index (χ1n) is 14.6. The highest BCUT2D eigenvalue weighted by Gasteiger charge is 2.60. The Hall–Kier alpha value is -1.37. The maximum Gasteiger partial charge on any atom is 0.309 e. The summed E-state index contributed by atoms with van der Waals surface area (Å²) in [6, 6.07) is 0. The topological polar surface area (TPSA) is 101 Å². The van der Waals surface area contributed by atoms with Gasteiger partial charge in [0.25, 0.3) is 0 Å². The molecule has 0 aliphatic heterocycles. The van der Waals surface area contributed by atoms with Gasteiger partial charge in [0.05, 0.1) is 19.1 Å². The second-order valence-electron chi connectivity index (χ2n) is 13.6. The molecule has 3 aliphatic carbocycles. The number of nitrogens with zero attached hydrogens (tertiary/aromatic N) is 3. The average molecular weight is 534 g/mol.